The first kappa shape index (κ1) is 14.4. The van der Waals surface area contributed by atoms with E-state index in [1.165, 1.54) is 13.3 Å². The monoisotopic (exact) mass is 225 g/mol. The van der Waals surface area contributed by atoms with Crippen molar-refractivity contribution in [3.63, 3.8) is 0 Å². The zero-order valence-corrected chi connectivity index (χ0v) is 10.3. The fraction of sp³-hybridized carbons (Fsp3) is 0.500. The van der Waals surface area contributed by atoms with Crippen molar-refractivity contribution < 1.29 is 14.6 Å². The second-order valence-electron chi connectivity index (χ2n) is 3.59. The number of aliphatic hydroxyl groups is 1. The zero-order valence-electron chi connectivity index (χ0n) is 10.3. The van der Waals surface area contributed by atoms with Gasteiger partial charge >= 0.3 is 5.97 Å². The van der Waals surface area contributed by atoms with Crippen LogP contribution in [-0.2, 0) is 9.53 Å². The van der Waals surface area contributed by atoms with Crippen LogP contribution in [0.1, 0.15) is 27.2 Å². The fourth-order valence-electron chi connectivity index (χ4n) is 1.46. The molecule has 0 aliphatic carbocycles. The molecule has 0 unspecified atom stereocenters. The van der Waals surface area contributed by atoms with Crippen LogP contribution in [0.15, 0.2) is 28.6 Å². The minimum atomic E-state index is -0.320. The van der Waals surface area contributed by atoms with Crippen LogP contribution < -0.4 is 0 Å². The molecule has 16 heavy (non-hydrogen) atoms. The van der Waals surface area contributed by atoms with E-state index in [0.717, 1.165) is 0 Å². The molecule has 0 aliphatic rings. The molecule has 0 aromatic carbocycles. The number of methoxy groups -OCH3 is 1. The molecule has 0 bridgehead atoms. The highest BCUT2D eigenvalue weighted by atomic mass is 16.5. The van der Waals surface area contributed by atoms with Crippen molar-refractivity contribution in [2.75, 3.05) is 7.11 Å². The molecule has 4 nitrogen and oxygen atoms in total. The highest BCUT2D eigenvalue weighted by Crippen LogP contribution is 2.24. The van der Waals surface area contributed by atoms with Crippen molar-refractivity contribution in [2.24, 2.45) is 10.9 Å². The van der Waals surface area contributed by atoms with Crippen LogP contribution in [0.4, 0.5) is 0 Å². The van der Waals surface area contributed by atoms with Crippen LogP contribution >= 0.6 is 0 Å². The second-order valence-corrected chi connectivity index (χ2v) is 3.59. The van der Waals surface area contributed by atoms with Gasteiger partial charge in [-0.2, -0.15) is 0 Å². The standard InChI is InChI=1S/C12H19NO3/c1-6-13-12(15)11(8(2)3)9(4)7-10(14)16-5/h6,9,15H,2,7H2,1,3-5H3/b12-11-,13-6-/t9-/m1/s1. The zero-order chi connectivity index (χ0) is 12.7. The van der Waals surface area contributed by atoms with E-state index in [9.17, 15) is 9.90 Å². The summed E-state index contributed by atoms with van der Waals surface area (Å²) in [5.74, 6) is -0.584. The lowest BCUT2D eigenvalue weighted by molar-refractivity contribution is -0.141. The topological polar surface area (TPSA) is 58.9 Å². The molecule has 0 saturated heterocycles. The van der Waals surface area contributed by atoms with E-state index in [4.69, 9.17) is 0 Å². The lowest BCUT2D eigenvalue weighted by atomic mass is 9.93. The number of aliphatic imine (C=N–C) groups is 1. The van der Waals surface area contributed by atoms with E-state index in [2.05, 4.69) is 16.3 Å². The van der Waals surface area contributed by atoms with Gasteiger partial charge in [0.25, 0.3) is 0 Å². The molecule has 0 saturated carbocycles. The number of ether oxygens (including phenoxy) is 1. The van der Waals surface area contributed by atoms with Gasteiger partial charge in [-0.3, -0.25) is 4.79 Å². The van der Waals surface area contributed by atoms with Crippen LogP contribution in [0.5, 0.6) is 0 Å². The minimum absolute atomic E-state index is 0.0913. The van der Waals surface area contributed by atoms with Crippen molar-refractivity contribution >= 4 is 12.2 Å². The largest absolute Gasteiger partial charge is 0.493 e. The van der Waals surface area contributed by atoms with Gasteiger partial charge in [-0.1, -0.05) is 13.5 Å². The van der Waals surface area contributed by atoms with Gasteiger partial charge in [-0.05, 0) is 25.3 Å². The number of carbonyl (C=O) groups is 1. The predicted octanol–water partition coefficient (Wildman–Crippen LogP) is 2.62. The van der Waals surface area contributed by atoms with E-state index >= 15 is 0 Å². The van der Waals surface area contributed by atoms with E-state index in [1.807, 2.05) is 6.92 Å². The Kier molecular flexibility index (Phi) is 6.15. The highest BCUT2D eigenvalue weighted by Gasteiger charge is 2.18. The van der Waals surface area contributed by atoms with Crippen LogP contribution in [0.3, 0.4) is 0 Å². The van der Waals surface area contributed by atoms with Gasteiger partial charge in [0, 0.05) is 11.8 Å². The number of rotatable bonds is 5. The first-order valence-electron chi connectivity index (χ1n) is 5.08. The van der Waals surface area contributed by atoms with E-state index < -0.39 is 0 Å². The highest BCUT2D eigenvalue weighted by molar-refractivity contribution is 5.70. The summed E-state index contributed by atoms with van der Waals surface area (Å²) in [6.07, 6.45) is 1.69. The molecule has 0 radical (unpaired) electrons. The lowest BCUT2D eigenvalue weighted by Crippen LogP contribution is -2.11. The third-order valence-electron chi connectivity index (χ3n) is 2.15. The van der Waals surface area contributed by atoms with Gasteiger partial charge in [0.15, 0.2) is 0 Å². The quantitative estimate of drug-likeness (QED) is 0.338. The third-order valence-corrected chi connectivity index (χ3v) is 2.15. The van der Waals surface area contributed by atoms with Gasteiger partial charge in [-0.25, -0.2) is 4.99 Å². The Labute approximate surface area is 96.3 Å². The van der Waals surface area contributed by atoms with Crippen LogP contribution in [0.25, 0.3) is 0 Å². The van der Waals surface area contributed by atoms with Crippen molar-refractivity contribution in [3.8, 4) is 0 Å². The van der Waals surface area contributed by atoms with Crippen molar-refractivity contribution in [2.45, 2.75) is 27.2 Å². The summed E-state index contributed by atoms with van der Waals surface area (Å²) in [7, 11) is 1.34. The van der Waals surface area contributed by atoms with E-state index in [0.29, 0.717) is 11.1 Å². The maximum absolute atomic E-state index is 11.1. The first-order valence-corrected chi connectivity index (χ1v) is 5.08. The Hall–Kier alpha value is -1.58. The lowest BCUT2D eigenvalue weighted by Gasteiger charge is -2.15. The molecule has 0 fully saturated rings. The molecule has 0 aromatic heterocycles. The van der Waals surface area contributed by atoms with E-state index in [-0.39, 0.29) is 24.2 Å². The average Bonchev–Trinajstić information content (AvgIpc) is 2.17. The molecule has 0 aliphatic heterocycles. The first-order chi connectivity index (χ1) is 7.43. The number of hydrogen-bond donors (Lipinski definition) is 1. The van der Waals surface area contributed by atoms with Crippen molar-refractivity contribution in [1.82, 2.24) is 0 Å². The summed E-state index contributed by atoms with van der Waals surface area (Å²) in [5, 5.41) is 9.70. The minimum Gasteiger partial charge on any atom is -0.493 e. The normalized spacial score (nSPS) is 14.5. The molecule has 0 amide bonds. The summed E-state index contributed by atoms with van der Waals surface area (Å²) in [6.45, 7) is 9.06. The molecule has 0 spiro atoms. The summed E-state index contributed by atoms with van der Waals surface area (Å²) in [6, 6.07) is 0. The Balaban J connectivity index is 5.00. The molecule has 90 valence electrons. The smallest absolute Gasteiger partial charge is 0.306 e. The number of allylic oxidation sites excluding steroid dienone is 2. The Morgan fingerprint density at radius 3 is 2.56 bits per heavy atom. The number of hydrogen-bond acceptors (Lipinski definition) is 4. The second kappa shape index (κ2) is 6.82. The fourth-order valence-corrected chi connectivity index (χ4v) is 1.46. The van der Waals surface area contributed by atoms with Gasteiger partial charge in [-0.15, -0.1) is 0 Å². The van der Waals surface area contributed by atoms with E-state index in [1.54, 1.807) is 13.8 Å². The van der Waals surface area contributed by atoms with Crippen molar-refractivity contribution in [1.29, 1.82) is 0 Å². The molecular weight excluding hydrogens is 206 g/mol. The Morgan fingerprint density at radius 1 is 1.62 bits per heavy atom. The summed E-state index contributed by atoms with van der Waals surface area (Å²) < 4.78 is 4.58. The van der Waals surface area contributed by atoms with Gasteiger partial charge in [0.1, 0.15) is 0 Å². The number of aliphatic hydroxyl groups excluding tert-OH is 1. The summed E-state index contributed by atoms with van der Waals surface area (Å²) in [5.41, 5.74) is 1.28. The predicted molar refractivity (Wildman–Crippen MR) is 64.4 cm³/mol. The molecule has 4 heteroatoms. The van der Waals surface area contributed by atoms with Crippen LogP contribution in [0.2, 0.25) is 0 Å². The van der Waals surface area contributed by atoms with Gasteiger partial charge in [0.05, 0.1) is 13.5 Å². The molecular formula is C12H19NO3. The maximum Gasteiger partial charge on any atom is 0.306 e. The third kappa shape index (κ3) is 4.29. The van der Waals surface area contributed by atoms with Gasteiger partial charge < -0.3 is 9.84 Å². The Bertz CT molecular complexity index is 329. The van der Waals surface area contributed by atoms with Crippen molar-refractivity contribution in [3.05, 3.63) is 23.6 Å². The maximum atomic E-state index is 11.1. The van der Waals surface area contributed by atoms with Gasteiger partial charge in [0.2, 0.25) is 5.88 Å². The molecule has 1 atom stereocenters. The summed E-state index contributed by atoms with van der Waals surface area (Å²) >= 11 is 0. The van der Waals surface area contributed by atoms with Crippen LogP contribution in [-0.4, -0.2) is 24.4 Å². The SMILES string of the molecule is C=C(C)/C(=C(O)\N=C/C)[C@H](C)CC(=O)OC. The average molecular weight is 225 g/mol. The molecule has 0 heterocycles. The molecule has 0 aromatic rings. The molecule has 0 rings (SSSR count). The number of esters is 1. The number of carbonyl (C=O) groups excluding carboxylic acids is 1. The number of nitrogens with zero attached hydrogens (tertiary/aromatic N) is 1. The summed E-state index contributed by atoms with van der Waals surface area (Å²) in [4.78, 5) is 14.9. The van der Waals surface area contributed by atoms with Crippen LogP contribution in [0, 0.1) is 5.92 Å². The molecule has 1 N–H and O–H groups in total. The Morgan fingerprint density at radius 2 is 2.19 bits per heavy atom.